The van der Waals surface area contributed by atoms with Crippen LogP contribution in [0.1, 0.15) is 11.3 Å². The summed E-state index contributed by atoms with van der Waals surface area (Å²) in [6, 6.07) is 4.00. The third kappa shape index (κ3) is 2.38. The van der Waals surface area contributed by atoms with Gasteiger partial charge < -0.3 is 10.5 Å². The van der Waals surface area contributed by atoms with Gasteiger partial charge in [-0.1, -0.05) is 0 Å². The zero-order chi connectivity index (χ0) is 8.23. The number of imidazole rings is 1. The Morgan fingerprint density at radius 2 is 1.92 bits per heavy atom. The molecular formula is C9H11N3O. The fraction of sp³-hybridized carbons (Fsp3) is 0.111. The van der Waals surface area contributed by atoms with E-state index in [0.717, 1.165) is 12.1 Å². The molecule has 0 fully saturated rings. The molecule has 0 amide bonds. The second-order valence-corrected chi connectivity index (χ2v) is 2.61. The van der Waals surface area contributed by atoms with Crippen LogP contribution in [-0.2, 0) is 6.42 Å². The molecule has 2 aromatic rings. The van der Waals surface area contributed by atoms with Gasteiger partial charge in [0.1, 0.15) is 0 Å². The summed E-state index contributed by atoms with van der Waals surface area (Å²) < 4.78 is 0. The summed E-state index contributed by atoms with van der Waals surface area (Å²) in [4.78, 5) is 11.0. The minimum absolute atomic E-state index is 0. The van der Waals surface area contributed by atoms with Gasteiger partial charge in [0.15, 0.2) is 0 Å². The maximum absolute atomic E-state index is 3.95. The lowest BCUT2D eigenvalue weighted by molar-refractivity contribution is 0.824. The lowest BCUT2D eigenvalue weighted by Crippen LogP contribution is -1.87. The molecule has 0 saturated heterocycles. The second-order valence-electron chi connectivity index (χ2n) is 2.61. The fourth-order valence-electron chi connectivity index (χ4n) is 1.10. The van der Waals surface area contributed by atoms with E-state index in [-0.39, 0.29) is 5.48 Å². The van der Waals surface area contributed by atoms with Crippen LogP contribution in [0.15, 0.2) is 37.1 Å². The lowest BCUT2D eigenvalue weighted by Gasteiger charge is -1.95. The van der Waals surface area contributed by atoms with E-state index in [4.69, 9.17) is 0 Å². The lowest BCUT2D eigenvalue weighted by atomic mass is 10.2. The summed E-state index contributed by atoms with van der Waals surface area (Å²) in [5.41, 5.74) is 2.37. The molecular weight excluding hydrogens is 166 g/mol. The largest absolute Gasteiger partial charge is 0.412 e. The molecule has 68 valence electrons. The Labute approximate surface area is 76.0 Å². The van der Waals surface area contributed by atoms with Crippen molar-refractivity contribution in [2.45, 2.75) is 6.42 Å². The summed E-state index contributed by atoms with van der Waals surface area (Å²) in [7, 11) is 0. The van der Waals surface area contributed by atoms with E-state index in [1.54, 1.807) is 18.7 Å². The van der Waals surface area contributed by atoms with Crippen LogP contribution in [-0.4, -0.2) is 20.4 Å². The highest BCUT2D eigenvalue weighted by molar-refractivity contribution is 5.16. The van der Waals surface area contributed by atoms with Gasteiger partial charge in [-0.05, 0) is 17.7 Å². The number of nitrogens with one attached hydrogen (secondary N) is 1. The molecule has 2 heterocycles. The highest BCUT2D eigenvalue weighted by atomic mass is 16.0. The van der Waals surface area contributed by atoms with Crippen molar-refractivity contribution in [2.24, 2.45) is 0 Å². The number of aromatic nitrogens is 3. The number of pyridine rings is 1. The van der Waals surface area contributed by atoms with Crippen LogP contribution < -0.4 is 0 Å². The molecule has 4 nitrogen and oxygen atoms in total. The molecule has 2 rings (SSSR count). The van der Waals surface area contributed by atoms with Gasteiger partial charge >= 0.3 is 0 Å². The van der Waals surface area contributed by atoms with Gasteiger partial charge in [-0.15, -0.1) is 0 Å². The monoisotopic (exact) mass is 177 g/mol. The first-order valence-electron chi connectivity index (χ1n) is 3.81. The molecule has 0 aliphatic rings. The number of nitrogens with zero attached hydrogens (tertiary/aromatic N) is 2. The number of hydrogen-bond donors (Lipinski definition) is 1. The van der Waals surface area contributed by atoms with Crippen molar-refractivity contribution in [2.75, 3.05) is 0 Å². The van der Waals surface area contributed by atoms with Crippen molar-refractivity contribution < 1.29 is 5.48 Å². The van der Waals surface area contributed by atoms with Crippen LogP contribution in [0.5, 0.6) is 0 Å². The first-order valence-corrected chi connectivity index (χ1v) is 3.81. The zero-order valence-electron chi connectivity index (χ0n) is 7.07. The highest BCUT2D eigenvalue weighted by Gasteiger charge is 1.94. The third-order valence-corrected chi connectivity index (χ3v) is 1.70. The number of rotatable bonds is 2. The van der Waals surface area contributed by atoms with Crippen LogP contribution in [0, 0.1) is 0 Å². The average molecular weight is 177 g/mol. The average Bonchev–Trinajstić information content (AvgIpc) is 2.59. The summed E-state index contributed by atoms with van der Waals surface area (Å²) in [6.07, 6.45) is 8.01. The maximum Gasteiger partial charge on any atom is 0.0921 e. The SMILES string of the molecule is O.c1cc(Cc2cnc[nH]2)ccn1. The van der Waals surface area contributed by atoms with Gasteiger partial charge in [-0.2, -0.15) is 0 Å². The number of H-pyrrole nitrogens is 1. The molecule has 0 aliphatic carbocycles. The van der Waals surface area contributed by atoms with E-state index in [2.05, 4.69) is 15.0 Å². The predicted molar refractivity (Wildman–Crippen MR) is 49.2 cm³/mol. The molecule has 3 N–H and O–H groups in total. The van der Waals surface area contributed by atoms with Crippen LogP contribution in [0.25, 0.3) is 0 Å². The molecule has 0 unspecified atom stereocenters. The molecule has 0 aromatic carbocycles. The molecule has 0 aliphatic heterocycles. The third-order valence-electron chi connectivity index (χ3n) is 1.70. The Hall–Kier alpha value is -1.68. The van der Waals surface area contributed by atoms with Gasteiger partial charge in [0.2, 0.25) is 0 Å². The molecule has 0 spiro atoms. The molecule has 2 aromatic heterocycles. The van der Waals surface area contributed by atoms with Crippen molar-refractivity contribution >= 4 is 0 Å². The number of hydrogen-bond acceptors (Lipinski definition) is 2. The Bertz CT molecular complexity index is 331. The van der Waals surface area contributed by atoms with Crippen LogP contribution in [0.4, 0.5) is 0 Å². The van der Waals surface area contributed by atoms with Gasteiger partial charge in [0.05, 0.1) is 6.33 Å². The van der Waals surface area contributed by atoms with E-state index in [1.807, 2.05) is 18.3 Å². The molecule has 0 atom stereocenters. The normalized spacial score (nSPS) is 9.23. The van der Waals surface area contributed by atoms with Crippen molar-refractivity contribution in [3.8, 4) is 0 Å². The smallest absolute Gasteiger partial charge is 0.0921 e. The van der Waals surface area contributed by atoms with Crippen molar-refractivity contribution in [1.29, 1.82) is 0 Å². The quantitative estimate of drug-likeness (QED) is 0.728. The van der Waals surface area contributed by atoms with Crippen LogP contribution >= 0.6 is 0 Å². The first-order chi connectivity index (χ1) is 5.95. The van der Waals surface area contributed by atoms with Crippen molar-refractivity contribution in [1.82, 2.24) is 15.0 Å². The minimum atomic E-state index is 0. The highest BCUT2D eigenvalue weighted by Crippen LogP contribution is 2.03. The zero-order valence-corrected chi connectivity index (χ0v) is 7.07. The van der Waals surface area contributed by atoms with E-state index < -0.39 is 0 Å². The molecule has 13 heavy (non-hydrogen) atoms. The van der Waals surface area contributed by atoms with Gasteiger partial charge in [0, 0.05) is 30.7 Å². The van der Waals surface area contributed by atoms with E-state index in [0.29, 0.717) is 0 Å². The Morgan fingerprint density at radius 1 is 1.15 bits per heavy atom. The summed E-state index contributed by atoms with van der Waals surface area (Å²) in [6.45, 7) is 0. The van der Waals surface area contributed by atoms with Gasteiger partial charge in [-0.25, -0.2) is 4.98 Å². The van der Waals surface area contributed by atoms with Crippen LogP contribution in [0.3, 0.4) is 0 Å². The van der Waals surface area contributed by atoms with Gasteiger partial charge in [0.25, 0.3) is 0 Å². The minimum Gasteiger partial charge on any atom is -0.412 e. The van der Waals surface area contributed by atoms with E-state index in [9.17, 15) is 0 Å². The summed E-state index contributed by atoms with van der Waals surface area (Å²) >= 11 is 0. The Balaban J connectivity index is 0.000000845. The molecule has 0 bridgehead atoms. The molecule has 0 saturated carbocycles. The van der Waals surface area contributed by atoms with E-state index >= 15 is 0 Å². The maximum atomic E-state index is 3.95. The summed E-state index contributed by atoms with van der Waals surface area (Å²) in [5, 5.41) is 0. The first kappa shape index (κ1) is 9.41. The summed E-state index contributed by atoms with van der Waals surface area (Å²) in [5.74, 6) is 0. The van der Waals surface area contributed by atoms with Crippen molar-refractivity contribution in [3.63, 3.8) is 0 Å². The van der Waals surface area contributed by atoms with E-state index in [1.165, 1.54) is 5.56 Å². The fourth-order valence-corrected chi connectivity index (χ4v) is 1.10. The number of aromatic amines is 1. The molecule has 4 heteroatoms. The molecule has 0 radical (unpaired) electrons. The Morgan fingerprint density at radius 3 is 2.54 bits per heavy atom. The predicted octanol–water partition coefficient (Wildman–Crippen LogP) is 0.571. The van der Waals surface area contributed by atoms with Gasteiger partial charge in [-0.3, -0.25) is 4.98 Å². The Kier molecular flexibility index (Phi) is 3.16. The standard InChI is InChI=1S/C9H9N3.H2O/c1-3-10-4-2-8(1)5-9-6-11-7-12-9;/h1-4,6-7H,5H2,(H,11,12);1H2. The second kappa shape index (κ2) is 4.37. The van der Waals surface area contributed by atoms with Crippen LogP contribution in [0.2, 0.25) is 0 Å². The topological polar surface area (TPSA) is 73.1 Å². The van der Waals surface area contributed by atoms with Crippen molar-refractivity contribution in [3.05, 3.63) is 48.3 Å².